The molecule has 2 N–H and O–H groups in total. The molecule has 0 spiro atoms. The molecule has 0 aliphatic carbocycles. The first kappa shape index (κ1) is 21.2. The minimum absolute atomic E-state index is 0.00974. The van der Waals surface area contributed by atoms with E-state index in [0.717, 1.165) is 31.6 Å². The molecule has 156 valence electrons. The molecule has 9 heteroatoms. The number of hydrazone groups is 1. The second-order valence-electron chi connectivity index (χ2n) is 7.30. The third kappa shape index (κ3) is 4.92. The Kier molecular flexibility index (Phi) is 6.51. The highest BCUT2D eigenvalue weighted by Gasteiger charge is 2.30. The number of likely N-dealkylation sites (tertiary alicyclic amines) is 1. The quantitative estimate of drug-likeness (QED) is 0.554. The molecule has 0 unspecified atom stereocenters. The molecular weight excluding hydrogens is 390 g/mol. The van der Waals surface area contributed by atoms with Crippen LogP contribution in [-0.2, 0) is 10.0 Å². The van der Waals surface area contributed by atoms with Gasteiger partial charge in [0.2, 0.25) is 10.0 Å². The number of carbonyl (C=O) groups is 1. The van der Waals surface area contributed by atoms with Crippen LogP contribution in [-0.4, -0.2) is 67.5 Å². The number of sulfonamides is 1. The van der Waals surface area contributed by atoms with Gasteiger partial charge in [-0.05, 0) is 76.3 Å². The van der Waals surface area contributed by atoms with Crippen molar-refractivity contribution in [1.29, 1.82) is 0 Å². The van der Waals surface area contributed by atoms with E-state index in [9.17, 15) is 13.2 Å². The third-order valence-electron chi connectivity index (χ3n) is 5.31. The van der Waals surface area contributed by atoms with Crippen LogP contribution >= 0.6 is 0 Å². The summed E-state index contributed by atoms with van der Waals surface area (Å²) in [4.78, 5) is 17.7. The van der Waals surface area contributed by atoms with Crippen molar-refractivity contribution in [2.45, 2.75) is 30.7 Å². The van der Waals surface area contributed by atoms with Crippen LogP contribution in [0.1, 0.15) is 35.8 Å². The number of amides is 1. The van der Waals surface area contributed by atoms with Crippen molar-refractivity contribution in [2.24, 2.45) is 5.10 Å². The second kappa shape index (κ2) is 8.89. The Morgan fingerprint density at radius 1 is 1.21 bits per heavy atom. The van der Waals surface area contributed by atoms with E-state index in [-0.39, 0.29) is 10.9 Å². The molecule has 2 aromatic rings. The van der Waals surface area contributed by atoms with Crippen LogP contribution in [0.25, 0.3) is 0 Å². The van der Waals surface area contributed by atoms with Crippen LogP contribution in [0.2, 0.25) is 0 Å². The van der Waals surface area contributed by atoms with Crippen LogP contribution in [0.5, 0.6) is 0 Å². The maximum atomic E-state index is 12.9. The average molecular weight is 418 g/mol. The van der Waals surface area contributed by atoms with E-state index in [4.69, 9.17) is 0 Å². The second-order valence-corrected chi connectivity index (χ2v) is 9.30. The number of aromatic amines is 1. The molecule has 1 fully saturated rings. The molecule has 0 radical (unpaired) electrons. The molecule has 1 amide bonds. The molecule has 1 aromatic heterocycles. The van der Waals surface area contributed by atoms with Gasteiger partial charge in [-0.15, -0.1) is 0 Å². The number of hydrogen-bond acceptors (Lipinski definition) is 5. The molecule has 0 saturated carbocycles. The highest BCUT2D eigenvalue weighted by molar-refractivity contribution is 7.89. The van der Waals surface area contributed by atoms with E-state index in [1.807, 2.05) is 19.2 Å². The topological polar surface area (TPSA) is 97.9 Å². The lowest BCUT2D eigenvalue weighted by atomic mass is 10.1. The molecule has 1 aliphatic rings. The third-order valence-corrected chi connectivity index (χ3v) is 7.23. The molecule has 1 aromatic carbocycles. The Labute approximate surface area is 171 Å². The predicted octanol–water partition coefficient (Wildman–Crippen LogP) is 1.88. The highest BCUT2D eigenvalue weighted by Crippen LogP contribution is 2.22. The van der Waals surface area contributed by atoms with Gasteiger partial charge < -0.3 is 9.88 Å². The van der Waals surface area contributed by atoms with Crippen LogP contribution in [0.4, 0.5) is 0 Å². The summed E-state index contributed by atoms with van der Waals surface area (Å²) in [5.74, 6) is -0.400. The van der Waals surface area contributed by atoms with E-state index in [0.29, 0.717) is 11.3 Å². The number of carbonyl (C=O) groups excluding carboxylic acids is 1. The Morgan fingerprint density at radius 3 is 2.45 bits per heavy atom. The zero-order chi connectivity index (χ0) is 21.0. The highest BCUT2D eigenvalue weighted by atomic mass is 32.2. The number of piperidine rings is 1. The number of aromatic nitrogens is 1. The van der Waals surface area contributed by atoms with Crippen LogP contribution < -0.4 is 5.43 Å². The Balaban J connectivity index is 1.67. The number of hydrogen-bond donors (Lipinski definition) is 2. The van der Waals surface area contributed by atoms with Gasteiger partial charge in [0, 0.05) is 24.8 Å². The zero-order valence-electron chi connectivity index (χ0n) is 16.9. The SMILES string of the molecule is C/C(=N\NC(=O)c1ccc(S(=O)(=O)N(C)C2CCN(C)CC2)cc1)c1ccc[nH]1. The van der Waals surface area contributed by atoms with Crippen LogP contribution in [0.15, 0.2) is 52.6 Å². The maximum Gasteiger partial charge on any atom is 0.271 e. The van der Waals surface area contributed by atoms with E-state index < -0.39 is 15.9 Å². The van der Waals surface area contributed by atoms with Gasteiger partial charge in [0.05, 0.1) is 16.3 Å². The number of benzene rings is 1. The number of H-pyrrole nitrogens is 1. The monoisotopic (exact) mass is 417 g/mol. The average Bonchev–Trinajstić information content (AvgIpc) is 3.27. The van der Waals surface area contributed by atoms with Gasteiger partial charge in [0.1, 0.15) is 0 Å². The number of rotatable bonds is 6. The van der Waals surface area contributed by atoms with E-state index in [1.165, 1.54) is 28.6 Å². The molecule has 1 aliphatic heterocycles. The van der Waals surface area contributed by atoms with Crippen molar-refractivity contribution in [2.75, 3.05) is 27.2 Å². The molecule has 2 heterocycles. The minimum atomic E-state index is -3.60. The lowest BCUT2D eigenvalue weighted by Crippen LogP contribution is -2.44. The first-order chi connectivity index (χ1) is 13.8. The summed E-state index contributed by atoms with van der Waals surface area (Å²) in [6, 6.07) is 9.64. The van der Waals surface area contributed by atoms with Crippen molar-refractivity contribution in [1.82, 2.24) is 19.6 Å². The molecule has 0 bridgehead atoms. The molecule has 3 rings (SSSR count). The van der Waals surface area contributed by atoms with Crippen molar-refractivity contribution < 1.29 is 13.2 Å². The van der Waals surface area contributed by atoms with Crippen molar-refractivity contribution in [3.8, 4) is 0 Å². The summed E-state index contributed by atoms with van der Waals surface area (Å²) >= 11 is 0. The first-order valence-corrected chi connectivity index (χ1v) is 11.0. The fourth-order valence-electron chi connectivity index (χ4n) is 3.31. The van der Waals surface area contributed by atoms with Crippen LogP contribution in [0.3, 0.4) is 0 Å². The molecular formula is C20H27N5O3S. The van der Waals surface area contributed by atoms with Crippen molar-refractivity contribution >= 4 is 21.6 Å². The van der Waals surface area contributed by atoms with E-state index in [1.54, 1.807) is 20.2 Å². The summed E-state index contributed by atoms with van der Waals surface area (Å²) in [5.41, 5.74) is 4.28. The fourth-order valence-corrected chi connectivity index (χ4v) is 4.73. The van der Waals surface area contributed by atoms with Crippen molar-refractivity contribution in [3.05, 3.63) is 53.9 Å². The van der Waals surface area contributed by atoms with E-state index in [2.05, 4.69) is 20.4 Å². The van der Waals surface area contributed by atoms with Gasteiger partial charge >= 0.3 is 0 Å². The molecule has 29 heavy (non-hydrogen) atoms. The smallest absolute Gasteiger partial charge is 0.271 e. The maximum absolute atomic E-state index is 12.9. The number of nitrogens with one attached hydrogen (secondary N) is 2. The summed E-state index contributed by atoms with van der Waals surface area (Å²) in [7, 11) is 0.0664. The Morgan fingerprint density at radius 2 is 1.86 bits per heavy atom. The lowest BCUT2D eigenvalue weighted by molar-refractivity contribution is 0.0954. The standard InChI is InChI=1S/C20H27N5O3S/c1-15(19-5-4-12-21-19)22-23-20(26)16-6-8-18(9-7-16)29(27,28)25(3)17-10-13-24(2)14-11-17/h4-9,12,17,21H,10-11,13-14H2,1-3H3,(H,23,26)/b22-15+. The van der Waals surface area contributed by atoms with E-state index >= 15 is 0 Å². The Bertz CT molecular complexity index is 960. The zero-order valence-corrected chi connectivity index (χ0v) is 17.7. The summed E-state index contributed by atoms with van der Waals surface area (Å²) < 4.78 is 27.3. The van der Waals surface area contributed by atoms with Gasteiger partial charge in [0.25, 0.3) is 5.91 Å². The number of nitrogens with zero attached hydrogens (tertiary/aromatic N) is 3. The predicted molar refractivity (Wildman–Crippen MR) is 112 cm³/mol. The normalized spacial score (nSPS) is 16.9. The summed E-state index contributed by atoms with van der Waals surface area (Å²) in [6.45, 7) is 3.54. The summed E-state index contributed by atoms with van der Waals surface area (Å²) in [5, 5.41) is 4.07. The molecule has 1 saturated heterocycles. The largest absolute Gasteiger partial charge is 0.360 e. The molecule has 0 atom stereocenters. The van der Waals surface area contributed by atoms with Gasteiger partial charge in [-0.2, -0.15) is 9.41 Å². The fraction of sp³-hybridized carbons (Fsp3) is 0.400. The summed E-state index contributed by atoms with van der Waals surface area (Å²) in [6.07, 6.45) is 3.40. The van der Waals surface area contributed by atoms with Gasteiger partial charge in [-0.3, -0.25) is 4.79 Å². The van der Waals surface area contributed by atoms with Crippen LogP contribution in [0, 0.1) is 0 Å². The van der Waals surface area contributed by atoms with Gasteiger partial charge in [-0.25, -0.2) is 13.8 Å². The Hall–Kier alpha value is -2.49. The first-order valence-electron chi connectivity index (χ1n) is 9.54. The minimum Gasteiger partial charge on any atom is -0.360 e. The van der Waals surface area contributed by atoms with Gasteiger partial charge in [-0.1, -0.05) is 0 Å². The molecule has 8 nitrogen and oxygen atoms in total. The lowest BCUT2D eigenvalue weighted by Gasteiger charge is -2.34. The van der Waals surface area contributed by atoms with Gasteiger partial charge in [0.15, 0.2) is 0 Å². The van der Waals surface area contributed by atoms with Crippen molar-refractivity contribution in [3.63, 3.8) is 0 Å².